The lowest BCUT2D eigenvalue weighted by Gasteiger charge is -2.13. The Hall–Kier alpha value is -3.17. The Balaban J connectivity index is 2.03. The molecule has 0 aliphatic rings. The quantitative estimate of drug-likeness (QED) is 0.639. The molecule has 23 heavy (non-hydrogen) atoms. The van der Waals surface area contributed by atoms with Crippen molar-refractivity contribution in [1.82, 2.24) is 25.9 Å². The van der Waals surface area contributed by atoms with Crippen molar-refractivity contribution in [2.45, 2.75) is 13.0 Å². The minimum atomic E-state index is -1.12. The summed E-state index contributed by atoms with van der Waals surface area (Å²) >= 11 is 0. The van der Waals surface area contributed by atoms with E-state index in [9.17, 15) is 9.59 Å². The van der Waals surface area contributed by atoms with Gasteiger partial charge in [0.25, 0.3) is 5.91 Å². The lowest BCUT2D eigenvalue weighted by molar-refractivity contribution is -0.141. The molecule has 1 aromatic carbocycles. The van der Waals surface area contributed by atoms with Crippen LogP contribution in [0.5, 0.6) is 11.5 Å². The van der Waals surface area contributed by atoms with Crippen LogP contribution >= 0.6 is 0 Å². The second-order valence-electron chi connectivity index (χ2n) is 4.52. The van der Waals surface area contributed by atoms with Gasteiger partial charge < -0.3 is 19.9 Å². The Morgan fingerprint density at radius 2 is 2.17 bits per heavy atom. The van der Waals surface area contributed by atoms with E-state index < -0.39 is 17.9 Å². The topological polar surface area (TPSA) is 139 Å². The van der Waals surface area contributed by atoms with Crippen LogP contribution in [0.4, 0.5) is 0 Å². The Bertz CT molecular complexity index is 688. The molecule has 2 aromatic rings. The Kier molecular flexibility index (Phi) is 5.07. The van der Waals surface area contributed by atoms with Crippen molar-refractivity contribution in [3.8, 4) is 22.9 Å². The number of hydrogen-bond acceptors (Lipinski definition) is 7. The number of carboxylic acids is 1. The van der Waals surface area contributed by atoms with E-state index in [1.165, 1.54) is 14.0 Å². The molecule has 10 nitrogen and oxygen atoms in total. The van der Waals surface area contributed by atoms with Gasteiger partial charge >= 0.3 is 5.97 Å². The maximum Gasteiger partial charge on any atom is 0.325 e. The number of rotatable bonds is 7. The van der Waals surface area contributed by atoms with Crippen molar-refractivity contribution >= 4 is 11.9 Å². The van der Waals surface area contributed by atoms with Crippen LogP contribution in [-0.2, 0) is 9.59 Å². The summed E-state index contributed by atoms with van der Waals surface area (Å²) in [5.41, 5.74) is 0.659. The normalized spacial score (nSPS) is 11.6. The highest BCUT2D eigenvalue weighted by molar-refractivity contribution is 5.84. The second-order valence-corrected chi connectivity index (χ2v) is 4.52. The van der Waals surface area contributed by atoms with Crippen molar-refractivity contribution in [2.75, 3.05) is 13.7 Å². The van der Waals surface area contributed by atoms with Gasteiger partial charge in [0.1, 0.15) is 6.04 Å². The van der Waals surface area contributed by atoms with Crippen molar-refractivity contribution in [3.05, 3.63) is 18.2 Å². The van der Waals surface area contributed by atoms with E-state index >= 15 is 0 Å². The third-order valence-corrected chi connectivity index (χ3v) is 2.87. The fourth-order valence-electron chi connectivity index (χ4n) is 1.70. The zero-order valence-corrected chi connectivity index (χ0v) is 12.4. The van der Waals surface area contributed by atoms with E-state index in [0.29, 0.717) is 22.9 Å². The van der Waals surface area contributed by atoms with Gasteiger partial charge in [-0.05, 0) is 30.3 Å². The van der Waals surface area contributed by atoms with E-state index in [1.807, 2.05) is 0 Å². The van der Waals surface area contributed by atoms with Crippen molar-refractivity contribution in [1.29, 1.82) is 0 Å². The summed E-state index contributed by atoms with van der Waals surface area (Å²) in [5.74, 6) is -0.572. The number of methoxy groups -OCH3 is 1. The largest absolute Gasteiger partial charge is 0.493 e. The van der Waals surface area contributed by atoms with E-state index in [2.05, 4.69) is 25.9 Å². The van der Waals surface area contributed by atoms with E-state index in [-0.39, 0.29) is 6.61 Å². The third kappa shape index (κ3) is 4.15. The first-order chi connectivity index (χ1) is 11.0. The number of carbonyl (C=O) groups is 2. The predicted octanol–water partition coefficient (Wildman–Crippen LogP) is -0.157. The Morgan fingerprint density at radius 3 is 2.78 bits per heavy atom. The van der Waals surface area contributed by atoms with Gasteiger partial charge in [-0.25, -0.2) is 0 Å². The van der Waals surface area contributed by atoms with Crippen LogP contribution in [0.25, 0.3) is 11.4 Å². The zero-order chi connectivity index (χ0) is 16.8. The van der Waals surface area contributed by atoms with Crippen molar-refractivity contribution in [3.63, 3.8) is 0 Å². The molecular formula is C13H15N5O5. The number of amides is 1. The maximum absolute atomic E-state index is 11.6. The second kappa shape index (κ2) is 7.20. The number of hydrogen-bond donors (Lipinski definition) is 3. The van der Waals surface area contributed by atoms with Crippen LogP contribution in [0.1, 0.15) is 6.92 Å². The van der Waals surface area contributed by atoms with Crippen molar-refractivity contribution < 1.29 is 24.2 Å². The Labute approximate surface area is 130 Å². The molecule has 1 amide bonds. The molecular weight excluding hydrogens is 306 g/mol. The molecule has 0 bridgehead atoms. The smallest absolute Gasteiger partial charge is 0.325 e. The molecule has 1 heterocycles. The number of carbonyl (C=O) groups excluding carboxylic acids is 1. The molecule has 3 N–H and O–H groups in total. The number of ether oxygens (including phenoxy) is 2. The molecule has 1 unspecified atom stereocenters. The lowest BCUT2D eigenvalue weighted by atomic mass is 10.2. The van der Waals surface area contributed by atoms with Gasteiger partial charge in [0.05, 0.1) is 7.11 Å². The minimum Gasteiger partial charge on any atom is -0.493 e. The van der Waals surface area contributed by atoms with E-state index in [1.54, 1.807) is 18.2 Å². The average Bonchev–Trinajstić information content (AvgIpc) is 3.07. The van der Waals surface area contributed by atoms with Gasteiger partial charge in [0, 0.05) is 5.56 Å². The molecule has 0 aliphatic heterocycles. The monoisotopic (exact) mass is 321 g/mol. The fraction of sp³-hybridized carbons (Fsp3) is 0.308. The first kappa shape index (κ1) is 16.2. The zero-order valence-electron chi connectivity index (χ0n) is 12.4. The summed E-state index contributed by atoms with van der Waals surface area (Å²) in [6, 6.07) is 3.92. The number of carboxylic acid groups (broad SMARTS) is 1. The number of aromatic nitrogens is 4. The summed E-state index contributed by atoms with van der Waals surface area (Å²) in [4.78, 5) is 22.3. The Morgan fingerprint density at radius 1 is 1.39 bits per heavy atom. The average molecular weight is 321 g/mol. The fourth-order valence-corrected chi connectivity index (χ4v) is 1.70. The van der Waals surface area contributed by atoms with Crippen LogP contribution in [-0.4, -0.2) is 57.4 Å². The van der Waals surface area contributed by atoms with Gasteiger partial charge in [-0.1, -0.05) is 0 Å². The highest BCUT2D eigenvalue weighted by Gasteiger charge is 2.15. The van der Waals surface area contributed by atoms with Crippen LogP contribution < -0.4 is 14.8 Å². The van der Waals surface area contributed by atoms with E-state index in [4.69, 9.17) is 14.6 Å². The number of aliphatic carboxylic acids is 1. The summed E-state index contributed by atoms with van der Waals surface area (Å²) in [6.45, 7) is 1.02. The highest BCUT2D eigenvalue weighted by Crippen LogP contribution is 2.31. The molecule has 0 saturated heterocycles. The first-order valence-electron chi connectivity index (χ1n) is 6.58. The molecule has 0 aliphatic carbocycles. The van der Waals surface area contributed by atoms with Gasteiger partial charge in [-0.2, -0.15) is 5.21 Å². The molecule has 10 heteroatoms. The molecule has 0 radical (unpaired) electrons. The van der Waals surface area contributed by atoms with Crippen LogP contribution in [0.15, 0.2) is 18.2 Å². The van der Waals surface area contributed by atoms with Crippen molar-refractivity contribution in [2.24, 2.45) is 0 Å². The predicted molar refractivity (Wildman–Crippen MR) is 76.9 cm³/mol. The van der Waals surface area contributed by atoms with Gasteiger partial charge in [-0.15, -0.1) is 10.2 Å². The minimum absolute atomic E-state index is 0.331. The van der Waals surface area contributed by atoms with Crippen LogP contribution in [0.2, 0.25) is 0 Å². The standard InChI is InChI=1S/C13H15N5O5/c1-7(13(20)21)14-11(19)6-23-9-4-3-8(5-10(9)22-2)12-15-17-18-16-12/h3-5,7H,6H2,1-2H3,(H,14,19)(H,20,21)(H,15,16,17,18). The van der Waals surface area contributed by atoms with Crippen LogP contribution in [0, 0.1) is 0 Å². The third-order valence-electron chi connectivity index (χ3n) is 2.87. The number of tetrazole rings is 1. The number of nitrogens with one attached hydrogen (secondary N) is 2. The summed E-state index contributed by atoms with van der Waals surface area (Å²) in [5, 5.41) is 24.5. The molecule has 0 fully saturated rings. The molecule has 122 valence electrons. The summed E-state index contributed by atoms with van der Waals surface area (Å²) in [6.07, 6.45) is 0. The lowest BCUT2D eigenvalue weighted by Crippen LogP contribution is -2.40. The first-order valence-corrected chi connectivity index (χ1v) is 6.58. The molecule has 0 saturated carbocycles. The molecule has 1 atom stereocenters. The molecule has 0 spiro atoms. The summed E-state index contributed by atoms with van der Waals surface area (Å²) in [7, 11) is 1.45. The number of H-pyrrole nitrogens is 1. The maximum atomic E-state index is 11.6. The summed E-state index contributed by atoms with van der Waals surface area (Å²) < 4.78 is 10.5. The number of benzene rings is 1. The number of nitrogens with zero attached hydrogens (tertiary/aromatic N) is 3. The van der Waals surface area contributed by atoms with Gasteiger partial charge in [0.15, 0.2) is 18.1 Å². The van der Waals surface area contributed by atoms with Gasteiger partial charge in [0.2, 0.25) is 5.82 Å². The molecule has 1 aromatic heterocycles. The van der Waals surface area contributed by atoms with E-state index in [0.717, 1.165) is 0 Å². The van der Waals surface area contributed by atoms with Crippen LogP contribution in [0.3, 0.4) is 0 Å². The highest BCUT2D eigenvalue weighted by atomic mass is 16.5. The van der Waals surface area contributed by atoms with Gasteiger partial charge in [-0.3, -0.25) is 9.59 Å². The number of aromatic amines is 1. The SMILES string of the molecule is COc1cc(-c2nn[nH]n2)ccc1OCC(=O)NC(C)C(=O)O. The molecule has 2 rings (SSSR count).